The highest BCUT2D eigenvalue weighted by Crippen LogP contribution is 2.29. The Labute approximate surface area is 129 Å². The molecule has 1 saturated carbocycles. The highest BCUT2D eigenvalue weighted by Gasteiger charge is 2.34. The Balaban J connectivity index is 1.81. The largest absolute Gasteiger partial charge is 0.394 e. The summed E-state index contributed by atoms with van der Waals surface area (Å²) in [5.74, 6) is -0.171. The van der Waals surface area contributed by atoms with Crippen molar-refractivity contribution in [1.29, 1.82) is 0 Å². The summed E-state index contributed by atoms with van der Waals surface area (Å²) in [6.45, 7) is -0.0169. The van der Waals surface area contributed by atoms with Gasteiger partial charge in [-0.2, -0.15) is 0 Å². The molecule has 5 nitrogen and oxygen atoms in total. The van der Waals surface area contributed by atoms with Gasteiger partial charge >= 0.3 is 0 Å². The molecule has 0 aromatic carbocycles. The lowest BCUT2D eigenvalue weighted by molar-refractivity contribution is 0.0838. The number of nitrogens with zero attached hydrogens (tertiary/aromatic N) is 2. The maximum atomic E-state index is 12.5. The van der Waals surface area contributed by atoms with E-state index >= 15 is 0 Å². The van der Waals surface area contributed by atoms with Crippen LogP contribution in [0, 0.1) is 0 Å². The van der Waals surface area contributed by atoms with Crippen LogP contribution in [0.3, 0.4) is 0 Å². The van der Waals surface area contributed by atoms with E-state index in [-0.39, 0.29) is 12.5 Å². The summed E-state index contributed by atoms with van der Waals surface area (Å²) >= 11 is 0. The smallest absolute Gasteiger partial charge is 0.251 e. The van der Waals surface area contributed by atoms with Crippen LogP contribution in [-0.2, 0) is 0 Å². The van der Waals surface area contributed by atoms with Crippen molar-refractivity contribution in [2.75, 3.05) is 6.61 Å². The number of hydrogen-bond donors (Lipinski definition) is 2. The number of aromatic nitrogens is 2. The molecule has 2 N–H and O–H groups in total. The molecule has 0 unspecified atom stereocenters. The van der Waals surface area contributed by atoms with Gasteiger partial charge in [0, 0.05) is 18.0 Å². The van der Waals surface area contributed by atoms with Gasteiger partial charge in [-0.3, -0.25) is 14.8 Å². The minimum atomic E-state index is -0.467. The Bertz CT molecular complexity index is 652. The second-order valence-electron chi connectivity index (χ2n) is 5.74. The lowest BCUT2D eigenvalue weighted by atomic mass is 9.98. The van der Waals surface area contributed by atoms with Crippen molar-refractivity contribution >= 4 is 5.91 Å². The summed E-state index contributed by atoms with van der Waals surface area (Å²) < 4.78 is 0. The van der Waals surface area contributed by atoms with Crippen molar-refractivity contribution in [1.82, 2.24) is 15.3 Å². The van der Waals surface area contributed by atoms with E-state index in [1.54, 1.807) is 24.5 Å². The Hall–Kier alpha value is -2.27. The third kappa shape index (κ3) is 2.99. The van der Waals surface area contributed by atoms with E-state index in [2.05, 4.69) is 15.3 Å². The third-order valence-corrected chi connectivity index (χ3v) is 4.19. The average Bonchev–Trinajstić information content (AvgIpc) is 3.05. The fourth-order valence-electron chi connectivity index (χ4n) is 2.91. The summed E-state index contributed by atoms with van der Waals surface area (Å²) in [6.07, 6.45) is 7.04. The Morgan fingerprint density at radius 1 is 1.14 bits per heavy atom. The first-order valence-corrected chi connectivity index (χ1v) is 7.53. The average molecular weight is 297 g/mol. The number of pyridine rings is 2. The third-order valence-electron chi connectivity index (χ3n) is 4.19. The van der Waals surface area contributed by atoms with E-state index in [4.69, 9.17) is 0 Å². The minimum absolute atomic E-state index is 0.0169. The summed E-state index contributed by atoms with van der Waals surface area (Å²) in [6, 6.07) is 9.00. The van der Waals surface area contributed by atoms with Crippen molar-refractivity contribution < 1.29 is 9.90 Å². The van der Waals surface area contributed by atoms with E-state index in [1.165, 1.54) is 0 Å². The molecule has 0 bridgehead atoms. The van der Waals surface area contributed by atoms with Crippen LogP contribution in [0.4, 0.5) is 0 Å². The number of rotatable bonds is 4. The topological polar surface area (TPSA) is 75.1 Å². The van der Waals surface area contributed by atoms with E-state index in [1.807, 2.05) is 18.2 Å². The molecular formula is C17H19N3O2. The summed E-state index contributed by atoms with van der Waals surface area (Å²) in [5, 5.41) is 12.6. The molecule has 1 aliphatic rings. The molecule has 0 atom stereocenters. The SMILES string of the molecule is O=C(NC1(CO)CCCC1)c1ccnc(-c2ccccn2)c1. The molecule has 1 aliphatic carbocycles. The molecule has 22 heavy (non-hydrogen) atoms. The lowest BCUT2D eigenvalue weighted by Gasteiger charge is -2.28. The first kappa shape index (κ1) is 14.7. The fraction of sp³-hybridized carbons (Fsp3) is 0.353. The van der Waals surface area contributed by atoms with Crippen LogP contribution in [-0.4, -0.2) is 33.1 Å². The maximum Gasteiger partial charge on any atom is 0.251 e. The number of carbonyl (C=O) groups is 1. The van der Waals surface area contributed by atoms with Crippen molar-refractivity contribution in [3.05, 3.63) is 48.3 Å². The van der Waals surface area contributed by atoms with Gasteiger partial charge in [-0.15, -0.1) is 0 Å². The zero-order chi connectivity index (χ0) is 15.4. The van der Waals surface area contributed by atoms with Crippen molar-refractivity contribution in [3.8, 4) is 11.4 Å². The van der Waals surface area contributed by atoms with Gasteiger partial charge in [0.25, 0.3) is 5.91 Å². The Kier molecular flexibility index (Phi) is 4.15. The zero-order valence-corrected chi connectivity index (χ0v) is 12.3. The highest BCUT2D eigenvalue weighted by molar-refractivity contribution is 5.95. The van der Waals surface area contributed by atoms with Crippen LogP contribution in [0.25, 0.3) is 11.4 Å². The van der Waals surface area contributed by atoms with Crippen LogP contribution < -0.4 is 5.32 Å². The monoisotopic (exact) mass is 297 g/mol. The van der Waals surface area contributed by atoms with Crippen LogP contribution in [0.2, 0.25) is 0 Å². The summed E-state index contributed by atoms with van der Waals surface area (Å²) in [5.41, 5.74) is 1.47. The molecule has 1 amide bonds. The maximum absolute atomic E-state index is 12.5. The van der Waals surface area contributed by atoms with Crippen LogP contribution >= 0.6 is 0 Å². The van der Waals surface area contributed by atoms with Gasteiger partial charge in [0.05, 0.1) is 23.5 Å². The zero-order valence-electron chi connectivity index (χ0n) is 12.3. The van der Waals surface area contributed by atoms with Crippen LogP contribution in [0.5, 0.6) is 0 Å². The van der Waals surface area contributed by atoms with Crippen molar-refractivity contribution in [2.45, 2.75) is 31.2 Å². The van der Waals surface area contributed by atoms with Gasteiger partial charge in [0.1, 0.15) is 0 Å². The predicted octanol–water partition coefficient (Wildman–Crippen LogP) is 2.18. The van der Waals surface area contributed by atoms with Gasteiger partial charge in [-0.25, -0.2) is 0 Å². The molecule has 3 rings (SSSR count). The molecular weight excluding hydrogens is 278 g/mol. The number of aliphatic hydroxyl groups is 1. The van der Waals surface area contributed by atoms with Crippen LogP contribution in [0.1, 0.15) is 36.0 Å². The minimum Gasteiger partial charge on any atom is -0.394 e. The Morgan fingerprint density at radius 3 is 2.59 bits per heavy atom. The van der Waals surface area contributed by atoms with Gasteiger partial charge in [-0.1, -0.05) is 18.9 Å². The first-order chi connectivity index (χ1) is 10.7. The second-order valence-corrected chi connectivity index (χ2v) is 5.74. The summed E-state index contributed by atoms with van der Waals surface area (Å²) in [4.78, 5) is 21.0. The molecule has 1 fully saturated rings. The number of carbonyl (C=O) groups excluding carboxylic acids is 1. The molecule has 114 valence electrons. The molecule has 0 radical (unpaired) electrons. The van der Waals surface area contributed by atoms with Gasteiger partial charge in [-0.05, 0) is 37.1 Å². The summed E-state index contributed by atoms with van der Waals surface area (Å²) in [7, 11) is 0. The number of aliphatic hydroxyl groups excluding tert-OH is 1. The number of nitrogens with one attached hydrogen (secondary N) is 1. The highest BCUT2D eigenvalue weighted by atomic mass is 16.3. The molecule has 0 saturated heterocycles. The van der Waals surface area contributed by atoms with Crippen molar-refractivity contribution in [2.24, 2.45) is 0 Å². The normalized spacial score (nSPS) is 16.4. The van der Waals surface area contributed by atoms with Crippen molar-refractivity contribution in [3.63, 3.8) is 0 Å². The standard InChI is InChI=1S/C17H19N3O2/c21-12-17(7-2-3-8-17)20-16(22)13-6-10-19-15(11-13)14-5-1-4-9-18-14/h1,4-6,9-11,21H,2-3,7-8,12H2,(H,20,22). The Morgan fingerprint density at radius 2 is 1.91 bits per heavy atom. The van der Waals surface area contributed by atoms with Crippen LogP contribution in [0.15, 0.2) is 42.7 Å². The number of amides is 1. The van der Waals surface area contributed by atoms with E-state index in [0.717, 1.165) is 31.4 Å². The molecule has 2 heterocycles. The molecule has 2 aromatic rings. The van der Waals surface area contributed by atoms with Gasteiger partial charge in [0.2, 0.25) is 0 Å². The lowest BCUT2D eigenvalue weighted by Crippen LogP contribution is -2.49. The van der Waals surface area contributed by atoms with E-state index < -0.39 is 5.54 Å². The second kappa shape index (κ2) is 6.23. The van der Waals surface area contributed by atoms with E-state index in [9.17, 15) is 9.90 Å². The first-order valence-electron chi connectivity index (χ1n) is 7.53. The molecule has 2 aromatic heterocycles. The fourth-order valence-corrected chi connectivity index (χ4v) is 2.91. The van der Waals surface area contributed by atoms with Gasteiger partial charge < -0.3 is 10.4 Å². The molecule has 0 spiro atoms. The number of hydrogen-bond acceptors (Lipinski definition) is 4. The predicted molar refractivity (Wildman–Crippen MR) is 83.2 cm³/mol. The quantitative estimate of drug-likeness (QED) is 0.907. The molecule has 5 heteroatoms. The molecule has 0 aliphatic heterocycles. The van der Waals surface area contributed by atoms with E-state index in [0.29, 0.717) is 11.3 Å². The van der Waals surface area contributed by atoms with Gasteiger partial charge in [0.15, 0.2) is 0 Å².